The molecule has 2 aromatic heterocycles. The van der Waals surface area contributed by atoms with E-state index in [0.717, 1.165) is 16.9 Å². The monoisotopic (exact) mass is 448 g/mol. The topological polar surface area (TPSA) is 84.4 Å². The second kappa shape index (κ2) is 8.29. The van der Waals surface area contributed by atoms with Crippen molar-refractivity contribution in [3.8, 4) is 5.75 Å². The van der Waals surface area contributed by atoms with Crippen molar-refractivity contribution in [2.45, 2.75) is 30.7 Å². The minimum absolute atomic E-state index is 0.115. The van der Waals surface area contributed by atoms with Gasteiger partial charge >= 0.3 is 0 Å². The van der Waals surface area contributed by atoms with Gasteiger partial charge in [-0.1, -0.05) is 6.07 Å². The van der Waals surface area contributed by atoms with Crippen LogP contribution in [0.2, 0.25) is 0 Å². The van der Waals surface area contributed by atoms with E-state index in [0.29, 0.717) is 30.9 Å². The Morgan fingerprint density at radius 1 is 1.27 bits per heavy atom. The van der Waals surface area contributed by atoms with Crippen LogP contribution in [-0.4, -0.2) is 36.3 Å². The molecule has 30 heavy (non-hydrogen) atoms. The largest absolute Gasteiger partial charge is 0.495 e. The Hall–Kier alpha value is -2.56. The van der Waals surface area contributed by atoms with E-state index >= 15 is 0 Å². The first-order valence-corrected chi connectivity index (χ1v) is 11.7. The standard InChI is InChI=1S/C20H21FN4O3S2/c1-13-12-29-20(22-13)24-19-7-3-5-15(23-19)16-6-4-10-25(16)30(26,27)18-11-14(21)8-9-17(18)28-2/h3,5,7-9,11-12,16H,4,6,10H2,1-2H3,(H,22,23,24)/t16-/m0/s1. The molecule has 3 heterocycles. The summed E-state index contributed by atoms with van der Waals surface area (Å²) in [6.07, 6.45) is 1.32. The molecule has 1 saturated heterocycles. The average molecular weight is 449 g/mol. The van der Waals surface area contributed by atoms with Crippen LogP contribution in [0.5, 0.6) is 5.75 Å². The number of aryl methyl sites for hydroxylation is 1. The van der Waals surface area contributed by atoms with Gasteiger partial charge in [-0.2, -0.15) is 4.31 Å². The fraction of sp³-hybridized carbons (Fsp3) is 0.300. The first-order valence-electron chi connectivity index (χ1n) is 9.40. The number of hydrogen-bond acceptors (Lipinski definition) is 7. The molecule has 0 radical (unpaired) electrons. The van der Waals surface area contributed by atoms with Gasteiger partial charge in [0.25, 0.3) is 0 Å². The molecule has 0 saturated carbocycles. The molecule has 0 bridgehead atoms. The number of nitrogens with zero attached hydrogens (tertiary/aromatic N) is 3. The van der Waals surface area contributed by atoms with Gasteiger partial charge in [0.1, 0.15) is 22.3 Å². The molecule has 1 aliphatic rings. The van der Waals surface area contributed by atoms with Gasteiger partial charge in [-0.25, -0.2) is 22.8 Å². The number of ether oxygens (including phenoxy) is 1. The lowest BCUT2D eigenvalue weighted by Gasteiger charge is -2.25. The molecule has 0 amide bonds. The fourth-order valence-electron chi connectivity index (χ4n) is 3.53. The summed E-state index contributed by atoms with van der Waals surface area (Å²) in [5.74, 6) is 0.0761. The Labute approximate surface area is 178 Å². The SMILES string of the molecule is COc1ccc(F)cc1S(=O)(=O)N1CCC[C@H]1c1cccc(Nc2nc(C)cs2)n1. The lowest BCUT2D eigenvalue weighted by Crippen LogP contribution is -2.31. The van der Waals surface area contributed by atoms with E-state index in [2.05, 4.69) is 15.3 Å². The second-order valence-corrected chi connectivity index (χ2v) is 9.65. The van der Waals surface area contributed by atoms with Crippen LogP contribution >= 0.6 is 11.3 Å². The van der Waals surface area contributed by atoms with Gasteiger partial charge in [0.05, 0.1) is 24.5 Å². The molecule has 1 aliphatic heterocycles. The highest BCUT2D eigenvalue weighted by Gasteiger charge is 2.38. The third-order valence-electron chi connectivity index (χ3n) is 4.88. The van der Waals surface area contributed by atoms with E-state index in [-0.39, 0.29) is 10.6 Å². The molecule has 0 unspecified atom stereocenters. The Morgan fingerprint density at radius 2 is 2.10 bits per heavy atom. The average Bonchev–Trinajstić information content (AvgIpc) is 3.38. The number of thiazole rings is 1. The molecule has 4 rings (SSSR count). The lowest BCUT2D eigenvalue weighted by molar-refractivity contribution is 0.376. The molecule has 10 heteroatoms. The maximum absolute atomic E-state index is 13.8. The van der Waals surface area contributed by atoms with Crippen LogP contribution in [0.15, 0.2) is 46.7 Å². The number of pyridine rings is 1. The van der Waals surface area contributed by atoms with Crippen LogP contribution < -0.4 is 10.1 Å². The van der Waals surface area contributed by atoms with Crippen LogP contribution in [0, 0.1) is 12.7 Å². The first kappa shape index (κ1) is 20.7. The predicted molar refractivity (Wildman–Crippen MR) is 113 cm³/mol. The van der Waals surface area contributed by atoms with Crippen molar-refractivity contribution in [2.24, 2.45) is 0 Å². The van der Waals surface area contributed by atoms with Gasteiger partial charge in [-0.3, -0.25) is 0 Å². The van der Waals surface area contributed by atoms with E-state index in [1.807, 2.05) is 24.4 Å². The summed E-state index contributed by atoms with van der Waals surface area (Å²) in [6.45, 7) is 2.24. The Kier molecular flexibility index (Phi) is 5.72. The molecular weight excluding hydrogens is 427 g/mol. The summed E-state index contributed by atoms with van der Waals surface area (Å²) in [4.78, 5) is 8.81. The summed E-state index contributed by atoms with van der Waals surface area (Å²) < 4.78 is 47.1. The zero-order valence-corrected chi connectivity index (χ0v) is 18.1. The minimum atomic E-state index is -3.97. The van der Waals surface area contributed by atoms with E-state index < -0.39 is 21.9 Å². The third-order valence-corrected chi connectivity index (χ3v) is 7.69. The van der Waals surface area contributed by atoms with Crippen molar-refractivity contribution in [3.63, 3.8) is 0 Å². The van der Waals surface area contributed by atoms with E-state index in [1.54, 1.807) is 6.07 Å². The molecular formula is C20H21FN4O3S2. The molecule has 1 atom stereocenters. The summed E-state index contributed by atoms with van der Waals surface area (Å²) in [5.41, 5.74) is 1.54. The molecule has 7 nitrogen and oxygen atoms in total. The summed E-state index contributed by atoms with van der Waals surface area (Å²) in [5, 5.41) is 5.81. The van der Waals surface area contributed by atoms with Gasteiger partial charge in [-0.05, 0) is 50.1 Å². The Morgan fingerprint density at radius 3 is 2.83 bits per heavy atom. The fourth-order valence-corrected chi connectivity index (χ4v) is 6.06. The van der Waals surface area contributed by atoms with Crippen LogP contribution in [0.4, 0.5) is 15.3 Å². The smallest absolute Gasteiger partial charge is 0.247 e. The van der Waals surface area contributed by atoms with Crippen molar-refractivity contribution in [2.75, 3.05) is 19.0 Å². The van der Waals surface area contributed by atoms with E-state index in [9.17, 15) is 12.8 Å². The number of anilines is 2. The zero-order chi connectivity index (χ0) is 21.3. The number of hydrogen-bond donors (Lipinski definition) is 1. The molecule has 1 N–H and O–H groups in total. The quantitative estimate of drug-likeness (QED) is 0.606. The number of methoxy groups -OCH3 is 1. The summed E-state index contributed by atoms with van der Waals surface area (Å²) in [6, 6.07) is 8.50. The maximum atomic E-state index is 13.8. The highest BCUT2D eigenvalue weighted by molar-refractivity contribution is 7.89. The number of benzene rings is 1. The zero-order valence-electron chi connectivity index (χ0n) is 16.5. The normalized spacial score (nSPS) is 17.2. The van der Waals surface area contributed by atoms with Crippen molar-refractivity contribution in [1.82, 2.24) is 14.3 Å². The first-order chi connectivity index (χ1) is 14.4. The maximum Gasteiger partial charge on any atom is 0.247 e. The highest BCUT2D eigenvalue weighted by Crippen LogP contribution is 2.38. The number of nitrogens with one attached hydrogen (secondary N) is 1. The number of halogens is 1. The third kappa shape index (κ3) is 4.03. The van der Waals surface area contributed by atoms with Crippen molar-refractivity contribution >= 4 is 32.3 Å². The summed E-state index contributed by atoms with van der Waals surface area (Å²) in [7, 11) is -2.61. The van der Waals surface area contributed by atoms with E-state index in [4.69, 9.17) is 4.74 Å². The number of sulfonamides is 1. The van der Waals surface area contributed by atoms with Gasteiger partial charge in [0.15, 0.2) is 5.13 Å². The molecule has 0 aliphatic carbocycles. The van der Waals surface area contributed by atoms with E-state index in [1.165, 1.54) is 34.9 Å². The van der Waals surface area contributed by atoms with Crippen molar-refractivity contribution in [1.29, 1.82) is 0 Å². The Bertz CT molecular complexity index is 1170. The number of rotatable bonds is 6. The van der Waals surface area contributed by atoms with Gasteiger partial charge in [0.2, 0.25) is 10.0 Å². The Balaban J connectivity index is 1.65. The number of aromatic nitrogens is 2. The molecule has 1 aromatic carbocycles. The minimum Gasteiger partial charge on any atom is -0.495 e. The molecule has 1 fully saturated rings. The molecule has 0 spiro atoms. The summed E-state index contributed by atoms with van der Waals surface area (Å²) >= 11 is 1.47. The second-order valence-electron chi connectivity index (χ2n) is 6.94. The highest BCUT2D eigenvalue weighted by atomic mass is 32.2. The van der Waals surface area contributed by atoms with Gasteiger partial charge in [0, 0.05) is 11.9 Å². The lowest BCUT2D eigenvalue weighted by atomic mass is 10.1. The van der Waals surface area contributed by atoms with Crippen molar-refractivity contribution in [3.05, 3.63) is 59.0 Å². The van der Waals surface area contributed by atoms with Crippen LogP contribution in [0.25, 0.3) is 0 Å². The van der Waals surface area contributed by atoms with Crippen LogP contribution in [0.3, 0.4) is 0 Å². The van der Waals surface area contributed by atoms with Gasteiger partial charge < -0.3 is 10.1 Å². The van der Waals surface area contributed by atoms with Crippen LogP contribution in [-0.2, 0) is 10.0 Å². The van der Waals surface area contributed by atoms with Crippen molar-refractivity contribution < 1.29 is 17.5 Å². The molecule has 3 aromatic rings. The predicted octanol–water partition coefficient (Wildman–Crippen LogP) is 4.26. The molecule has 158 valence electrons. The van der Waals surface area contributed by atoms with Gasteiger partial charge in [-0.15, -0.1) is 11.3 Å². The van der Waals surface area contributed by atoms with Crippen LogP contribution in [0.1, 0.15) is 30.3 Å².